The maximum atomic E-state index is 12.8. The lowest BCUT2D eigenvalue weighted by Crippen LogP contribution is -2.31. The van der Waals surface area contributed by atoms with Gasteiger partial charge in [-0.25, -0.2) is 4.79 Å². The maximum Gasteiger partial charge on any atom is 0.336 e. The molecule has 166 valence electrons. The van der Waals surface area contributed by atoms with Crippen LogP contribution in [0, 0.1) is 0 Å². The molecule has 0 aromatic heterocycles. The number of carbonyl (C=O) groups is 2. The first-order valence-corrected chi connectivity index (χ1v) is 11.3. The number of benzene rings is 3. The van der Waals surface area contributed by atoms with E-state index in [1.54, 1.807) is 12.1 Å². The van der Waals surface area contributed by atoms with Gasteiger partial charge in [-0.1, -0.05) is 86.1 Å². The fraction of sp³-hybridized carbons (Fsp3) is 0.286. The monoisotopic (exact) mass is 429 g/mol. The highest BCUT2D eigenvalue weighted by Crippen LogP contribution is 2.24. The Bertz CT molecular complexity index is 1010. The second kappa shape index (κ2) is 11.8. The first-order valence-electron chi connectivity index (χ1n) is 11.3. The number of carboxylic acid groups (broad SMARTS) is 1. The molecule has 4 nitrogen and oxygen atoms in total. The average Bonchev–Trinajstić information content (AvgIpc) is 2.83. The van der Waals surface area contributed by atoms with Gasteiger partial charge in [-0.3, -0.25) is 4.79 Å². The average molecular weight is 430 g/mol. The van der Waals surface area contributed by atoms with Gasteiger partial charge in [0.15, 0.2) is 0 Å². The largest absolute Gasteiger partial charge is 0.478 e. The zero-order valence-electron chi connectivity index (χ0n) is 18.7. The Morgan fingerprint density at radius 2 is 1.50 bits per heavy atom. The number of hydrogen-bond donors (Lipinski definition) is 1. The molecule has 32 heavy (non-hydrogen) atoms. The molecule has 4 heteroatoms. The molecule has 0 fully saturated rings. The Hall–Kier alpha value is -3.40. The van der Waals surface area contributed by atoms with Crippen LogP contribution in [0.2, 0.25) is 0 Å². The Morgan fingerprint density at radius 1 is 0.812 bits per heavy atom. The third-order valence-corrected chi connectivity index (χ3v) is 5.63. The summed E-state index contributed by atoms with van der Waals surface area (Å²) in [5, 5.41) is 9.45. The van der Waals surface area contributed by atoms with Crippen LogP contribution in [0.25, 0.3) is 11.1 Å². The molecular weight excluding hydrogens is 398 g/mol. The SMILES string of the molecule is CCCCC(=O)N(CCCc1ccccc1)Cc1ccc(-c2ccccc2C(=O)O)cc1. The third-order valence-electron chi connectivity index (χ3n) is 5.63. The summed E-state index contributed by atoms with van der Waals surface area (Å²) in [7, 11) is 0. The van der Waals surface area contributed by atoms with Crippen LogP contribution in [0.3, 0.4) is 0 Å². The topological polar surface area (TPSA) is 57.6 Å². The van der Waals surface area contributed by atoms with E-state index in [1.165, 1.54) is 5.56 Å². The highest BCUT2D eigenvalue weighted by Gasteiger charge is 2.15. The standard InChI is InChI=1S/C28H31NO3/c1-2-3-15-27(30)29(20-9-12-22-10-5-4-6-11-22)21-23-16-18-24(19-17-23)25-13-7-8-14-26(25)28(31)32/h4-8,10-11,13-14,16-19H,2-3,9,12,15,20-21H2,1H3,(H,31,32). The summed E-state index contributed by atoms with van der Waals surface area (Å²) in [5.74, 6) is -0.740. The van der Waals surface area contributed by atoms with E-state index in [9.17, 15) is 14.7 Å². The van der Waals surface area contributed by atoms with Crippen molar-refractivity contribution in [2.75, 3.05) is 6.54 Å². The molecule has 0 aliphatic rings. The normalized spacial score (nSPS) is 10.7. The maximum absolute atomic E-state index is 12.8. The van der Waals surface area contributed by atoms with Crippen molar-refractivity contribution in [3.05, 3.63) is 95.6 Å². The molecule has 0 heterocycles. The van der Waals surface area contributed by atoms with Crippen molar-refractivity contribution in [1.29, 1.82) is 0 Å². The molecule has 0 spiro atoms. The van der Waals surface area contributed by atoms with Crippen molar-refractivity contribution in [3.8, 4) is 11.1 Å². The first kappa shape index (κ1) is 23.3. The van der Waals surface area contributed by atoms with E-state index in [2.05, 4.69) is 19.1 Å². The van der Waals surface area contributed by atoms with Crippen LogP contribution in [-0.4, -0.2) is 28.4 Å². The highest BCUT2D eigenvalue weighted by atomic mass is 16.4. The number of nitrogens with zero attached hydrogens (tertiary/aromatic N) is 1. The van der Waals surface area contributed by atoms with Crippen molar-refractivity contribution in [2.24, 2.45) is 0 Å². The lowest BCUT2D eigenvalue weighted by molar-refractivity contribution is -0.132. The number of aryl methyl sites for hydroxylation is 1. The van der Waals surface area contributed by atoms with Gasteiger partial charge in [0.05, 0.1) is 5.56 Å². The minimum absolute atomic E-state index is 0.195. The van der Waals surface area contributed by atoms with E-state index >= 15 is 0 Å². The molecule has 0 saturated carbocycles. The van der Waals surface area contributed by atoms with Crippen molar-refractivity contribution in [1.82, 2.24) is 4.90 Å². The van der Waals surface area contributed by atoms with Crippen LogP contribution in [0.1, 0.15) is 54.1 Å². The van der Waals surface area contributed by atoms with Crippen LogP contribution in [0.4, 0.5) is 0 Å². The molecule has 1 N–H and O–H groups in total. The quantitative estimate of drug-likeness (QED) is 0.395. The second-order valence-corrected chi connectivity index (χ2v) is 8.06. The molecule has 0 atom stereocenters. The molecule has 0 aliphatic heterocycles. The number of rotatable bonds is 11. The van der Waals surface area contributed by atoms with Gasteiger partial charge < -0.3 is 10.0 Å². The summed E-state index contributed by atoms with van der Waals surface area (Å²) >= 11 is 0. The van der Waals surface area contributed by atoms with E-state index in [-0.39, 0.29) is 11.5 Å². The Kier molecular flexibility index (Phi) is 8.61. The van der Waals surface area contributed by atoms with Gasteiger partial charge in [0.1, 0.15) is 0 Å². The minimum Gasteiger partial charge on any atom is -0.478 e. The Balaban J connectivity index is 1.69. The highest BCUT2D eigenvalue weighted by molar-refractivity contribution is 5.96. The molecule has 3 aromatic rings. The molecule has 3 rings (SSSR count). The van der Waals surface area contributed by atoms with Gasteiger partial charge in [-0.15, -0.1) is 0 Å². The van der Waals surface area contributed by atoms with Gasteiger partial charge in [-0.2, -0.15) is 0 Å². The number of hydrogen-bond acceptors (Lipinski definition) is 2. The molecule has 0 aliphatic carbocycles. The number of amides is 1. The van der Waals surface area contributed by atoms with Crippen molar-refractivity contribution in [3.63, 3.8) is 0 Å². The van der Waals surface area contributed by atoms with Crippen molar-refractivity contribution < 1.29 is 14.7 Å². The molecule has 0 bridgehead atoms. The van der Waals surface area contributed by atoms with Crippen LogP contribution in [0.15, 0.2) is 78.9 Å². The zero-order chi connectivity index (χ0) is 22.8. The number of carbonyl (C=O) groups excluding carboxylic acids is 1. The van der Waals surface area contributed by atoms with Crippen LogP contribution in [0.5, 0.6) is 0 Å². The van der Waals surface area contributed by atoms with E-state index < -0.39 is 5.97 Å². The summed E-state index contributed by atoms with van der Waals surface area (Å²) < 4.78 is 0. The van der Waals surface area contributed by atoms with E-state index in [1.807, 2.05) is 59.5 Å². The molecule has 1 amide bonds. The van der Waals surface area contributed by atoms with Crippen molar-refractivity contribution in [2.45, 2.75) is 45.6 Å². The first-order chi connectivity index (χ1) is 15.6. The van der Waals surface area contributed by atoms with E-state index in [4.69, 9.17) is 0 Å². The minimum atomic E-state index is -0.934. The van der Waals surface area contributed by atoms with Crippen LogP contribution < -0.4 is 0 Å². The predicted molar refractivity (Wildman–Crippen MR) is 129 cm³/mol. The number of carboxylic acids is 1. The third kappa shape index (κ3) is 6.55. The van der Waals surface area contributed by atoms with Crippen LogP contribution in [-0.2, 0) is 17.8 Å². The van der Waals surface area contributed by atoms with Crippen molar-refractivity contribution >= 4 is 11.9 Å². The number of unbranched alkanes of at least 4 members (excludes halogenated alkanes) is 1. The van der Waals surface area contributed by atoms with Gasteiger partial charge in [0.2, 0.25) is 5.91 Å². The van der Waals surface area contributed by atoms with Gasteiger partial charge >= 0.3 is 5.97 Å². The molecule has 0 saturated heterocycles. The summed E-state index contributed by atoms with van der Waals surface area (Å²) in [6, 6.07) is 25.2. The zero-order valence-corrected chi connectivity index (χ0v) is 18.7. The summed E-state index contributed by atoms with van der Waals surface area (Å²) in [6.07, 6.45) is 4.35. The molecule has 0 unspecified atom stereocenters. The fourth-order valence-electron chi connectivity index (χ4n) is 3.83. The van der Waals surface area contributed by atoms with E-state index in [0.717, 1.165) is 43.4 Å². The Labute approximate surface area is 190 Å². The number of aromatic carboxylic acids is 1. The summed E-state index contributed by atoms with van der Waals surface area (Å²) in [4.78, 5) is 26.3. The molecule has 0 radical (unpaired) electrons. The molecular formula is C28H31NO3. The van der Waals surface area contributed by atoms with E-state index in [0.29, 0.717) is 18.5 Å². The summed E-state index contributed by atoms with van der Waals surface area (Å²) in [5.41, 5.74) is 4.18. The smallest absolute Gasteiger partial charge is 0.336 e. The predicted octanol–water partition coefficient (Wildman–Crippen LogP) is 6.20. The van der Waals surface area contributed by atoms with Gasteiger partial charge in [0.25, 0.3) is 0 Å². The summed E-state index contributed by atoms with van der Waals surface area (Å²) in [6.45, 7) is 3.39. The second-order valence-electron chi connectivity index (χ2n) is 8.06. The molecule has 3 aromatic carbocycles. The van der Waals surface area contributed by atoms with Gasteiger partial charge in [0, 0.05) is 19.5 Å². The fourth-order valence-corrected chi connectivity index (χ4v) is 3.83. The lowest BCUT2D eigenvalue weighted by Gasteiger charge is -2.23. The van der Waals surface area contributed by atoms with Gasteiger partial charge in [-0.05, 0) is 47.6 Å². The lowest BCUT2D eigenvalue weighted by atomic mass is 9.98. The van der Waals surface area contributed by atoms with Crippen LogP contribution >= 0.6 is 0 Å². The Morgan fingerprint density at radius 3 is 2.19 bits per heavy atom.